The summed E-state index contributed by atoms with van der Waals surface area (Å²) in [7, 11) is 0. The molecule has 1 aromatic carbocycles. The van der Waals surface area contributed by atoms with Gasteiger partial charge in [-0.3, -0.25) is 34.3 Å². The van der Waals surface area contributed by atoms with Gasteiger partial charge in [-0.2, -0.15) is 0 Å². The topological polar surface area (TPSA) is 255 Å². The molecule has 3 rings (SSSR count). The SMILES string of the molecule is CC(=O)SCCOCCOCCOCCOCCC(=O)NCCCOc1ccccc1CNC(=O)Nc1nc(C(=O)NCC(=O)NC(CC(=O)O)c2cccnc2)cs1. The second-order valence-corrected chi connectivity index (χ2v) is 14.4. The highest BCUT2D eigenvalue weighted by Crippen LogP contribution is 2.19. The van der Waals surface area contributed by atoms with Crippen molar-refractivity contribution < 1.29 is 57.6 Å². The van der Waals surface area contributed by atoms with Gasteiger partial charge in [-0.15, -0.1) is 11.3 Å². The molecule has 0 fully saturated rings. The number of carboxylic acids is 1. The van der Waals surface area contributed by atoms with Crippen molar-refractivity contribution in [3.8, 4) is 5.75 Å². The van der Waals surface area contributed by atoms with Gasteiger partial charge in [-0.1, -0.05) is 36.0 Å². The predicted octanol–water partition coefficient (Wildman–Crippen LogP) is 2.54. The zero-order chi connectivity index (χ0) is 42.5. The molecule has 0 spiro atoms. The van der Waals surface area contributed by atoms with Gasteiger partial charge in [0.05, 0.1) is 78.5 Å². The molecule has 0 aliphatic carbocycles. The van der Waals surface area contributed by atoms with Crippen LogP contribution < -0.4 is 31.3 Å². The third-order valence-corrected chi connectivity index (χ3v) is 9.14. The number of pyridine rings is 1. The van der Waals surface area contributed by atoms with Crippen molar-refractivity contribution in [2.24, 2.45) is 0 Å². The van der Waals surface area contributed by atoms with Gasteiger partial charge in [-0.25, -0.2) is 9.78 Å². The first-order chi connectivity index (χ1) is 28.6. The number of aromatic nitrogens is 2. The van der Waals surface area contributed by atoms with Gasteiger partial charge < -0.3 is 50.1 Å². The van der Waals surface area contributed by atoms with Gasteiger partial charge in [0.25, 0.3) is 5.91 Å². The van der Waals surface area contributed by atoms with Gasteiger partial charge in [0.15, 0.2) is 10.2 Å². The summed E-state index contributed by atoms with van der Waals surface area (Å²) >= 11 is 2.25. The van der Waals surface area contributed by atoms with Crippen LogP contribution in [0.1, 0.15) is 53.8 Å². The molecule has 0 saturated heterocycles. The minimum atomic E-state index is -1.11. The van der Waals surface area contributed by atoms with Gasteiger partial charge in [0.2, 0.25) is 11.8 Å². The van der Waals surface area contributed by atoms with Crippen LogP contribution in [0.4, 0.5) is 9.93 Å². The lowest BCUT2D eigenvalue weighted by Gasteiger charge is -2.17. The first-order valence-corrected chi connectivity index (χ1v) is 20.6. The molecule has 1 atom stereocenters. The highest BCUT2D eigenvalue weighted by atomic mass is 32.2. The molecule has 2 aromatic heterocycles. The number of urea groups is 1. The number of ether oxygens (including phenoxy) is 5. The van der Waals surface area contributed by atoms with E-state index in [2.05, 4.69) is 36.6 Å². The highest BCUT2D eigenvalue weighted by Gasteiger charge is 2.20. The maximum Gasteiger partial charge on any atom is 0.321 e. The van der Waals surface area contributed by atoms with Crippen molar-refractivity contribution in [2.75, 3.05) is 83.6 Å². The molecule has 19 nitrogen and oxygen atoms in total. The number of amides is 5. The Morgan fingerprint density at radius 2 is 1.54 bits per heavy atom. The number of anilines is 1. The van der Waals surface area contributed by atoms with Crippen LogP contribution in [0.3, 0.4) is 0 Å². The molecule has 0 aliphatic rings. The Bertz CT molecular complexity index is 1750. The second-order valence-electron chi connectivity index (χ2n) is 12.2. The number of hydrogen-bond acceptors (Lipinski definition) is 15. The minimum Gasteiger partial charge on any atom is -0.493 e. The number of thiazole rings is 1. The van der Waals surface area contributed by atoms with E-state index < -0.39 is 36.4 Å². The van der Waals surface area contributed by atoms with Crippen LogP contribution in [0, 0.1) is 0 Å². The number of aliphatic carboxylic acids is 1. The zero-order valence-corrected chi connectivity index (χ0v) is 34.4. The van der Waals surface area contributed by atoms with E-state index in [4.69, 9.17) is 23.7 Å². The van der Waals surface area contributed by atoms with Crippen molar-refractivity contribution in [3.63, 3.8) is 0 Å². The monoisotopic (exact) mass is 861 g/mol. The number of para-hydroxylation sites is 1. The van der Waals surface area contributed by atoms with Crippen molar-refractivity contribution in [1.82, 2.24) is 31.2 Å². The molecule has 0 saturated carbocycles. The third-order valence-electron chi connectivity index (χ3n) is 7.60. The summed E-state index contributed by atoms with van der Waals surface area (Å²) < 4.78 is 27.5. The molecule has 322 valence electrons. The molecule has 59 heavy (non-hydrogen) atoms. The number of benzene rings is 1. The summed E-state index contributed by atoms with van der Waals surface area (Å²) in [4.78, 5) is 80.0. The van der Waals surface area contributed by atoms with Crippen molar-refractivity contribution >= 4 is 63.1 Å². The summed E-state index contributed by atoms with van der Waals surface area (Å²) in [5.74, 6) is -1.32. The molecule has 1 unspecified atom stereocenters. The van der Waals surface area contributed by atoms with Gasteiger partial charge in [0, 0.05) is 55.5 Å². The van der Waals surface area contributed by atoms with E-state index in [0.29, 0.717) is 82.9 Å². The van der Waals surface area contributed by atoms with E-state index >= 15 is 0 Å². The normalized spacial score (nSPS) is 11.3. The van der Waals surface area contributed by atoms with E-state index in [1.54, 1.807) is 30.3 Å². The average molecular weight is 862 g/mol. The van der Waals surface area contributed by atoms with Crippen LogP contribution >= 0.6 is 23.1 Å². The van der Waals surface area contributed by atoms with Crippen LogP contribution in [0.15, 0.2) is 54.2 Å². The van der Waals surface area contributed by atoms with Gasteiger partial charge in [-0.05, 0) is 24.1 Å². The van der Waals surface area contributed by atoms with Crippen LogP contribution in [0.25, 0.3) is 0 Å². The molecule has 0 radical (unpaired) electrons. The van der Waals surface area contributed by atoms with Gasteiger partial charge >= 0.3 is 12.0 Å². The lowest BCUT2D eigenvalue weighted by atomic mass is 10.1. The molecular formula is C38H51N7O12S2. The molecule has 0 aliphatic heterocycles. The number of thioether (sulfide) groups is 1. The smallest absolute Gasteiger partial charge is 0.321 e. The van der Waals surface area contributed by atoms with E-state index in [-0.39, 0.29) is 47.8 Å². The molecule has 0 bridgehead atoms. The predicted molar refractivity (Wildman–Crippen MR) is 218 cm³/mol. The maximum atomic E-state index is 12.6. The molecule has 6 N–H and O–H groups in total. The lowest BCUT2D eigenvalue weighted by molar-refractivity contribution is -0.137. The summed E-state index contributed by atoms with van der Waals surface area (Å²) in [5.41, 5.74) is 1.20. The second kappa shape index (κ2) is 29.1. The van der Waals surface area contributed by atoms with Gasteiger partial charge in [0.1, 0.15) is 11.4 Å². The molecule has 2 heterocycles. The summed E-state index contributed by atoms with van der Waals surface area (Å²) in [6.07, 6.45) is 3.38. The van der Waals surface area contributed by atoms with E-state index in [1.807, 2.05) is 6.07 Å². The summed E-state index contributed by atoms with van der Waals surface area (Å²) in [6, 6.07) is 9.05. The minimum absolute atomic E-state index is 0.0205. The fourth-order valence-corrected chi connectivity index (χ4v) is 5.96. The Balaban J connectivity index is 1.22. The summed E-state index contributed by atoms with van der Waals surface area (Å²) in [5, 5.41) is 24.0. The number of rotatable bonds is 30. The first kappa shape index (κ1) is 48.2. The number of nitrogens with one attached hydrogen (secondary N) is 5. The fourth-order valence-electron chi connectivity index (χ4n) is 4.79. The quantitative estimate of drug-likeness (QED) is 0.0527. The maximum absolute atomic E-state index is 12.6. The lowest BCUT2D eigenvalue weighted by Crippen LogP contribution is -2.39. The molecule has 21 heteroatoms. The molecule has 5 amide bonds. The number of hydrogen-bond donors (Lipinski definition) is 6. The van der Waals surface area contributed by atoms with Crippen molar-refractivity contribution in [1.29, 1.82) is 0 Å². The number of carbonyl (C=O) groups excluding carboxylic acids is 5. The molecular weight excluding hydrogens is 811 g/mol. The largest absolute Gasteiger partial charge is 0.493 e. The van der Waals surface area contributed by atoms with Crippen LogP contribution in [-0.2, 0) is 44.7 Å². The standard InChI is InChI=1S/C38H51N7O12S2/c1-27(46)58-21-20-56-19-18-55-17-16-54-15-14-53-13-9-33(47)40-11-5-12-57-32-8-3-2-6-29(32)24-42-37(52)45-38-44-31(26-59-38)36(51)41-25-34(48)43-30(22-35(49)50)28-7-4-10-39-23-28/h2-4,6-8,10,23,26,30H,5,9,11-22,24-25H2,1H3,(H,40,47)(H,41,51)(H,43,48)(H,49,50)(H2,42,44,45,52). The Hall–Kier alpha value is -5.19. The van der Waals surface area contributed by atoms with E-state index in [9.17, 15) is 33.9 Å². The highest BCUT2D eigenvalue weighted by molar-refractivity contribution is 8.13. The van der Waals surface area contributed by atoms with E-state index in [1.165, 1.54) is 36.5 Å². The van der Waals surface area contributed by atoms with E-state index in [0.717, 1.165) is 16.9 Å². The van der Waals surface area contributed by atoms with Crippen LogP contribution in [0.5, 0.6) is 5.75 Å². The Morgan fingerprint density at radius 1 is 0.831 bits per heavy atom. The first-order valence-electron chi connectivity index (χ1n) is 18.7. The fraction of sp³-hybridized carbons (Fsp3) is 0.474. The van der Waals surface area contributed by atoms with Crippen molar-refractivity contribution in [3.05, 3.63) is 71.0 Å². The number of nitrogens with zero attached hydrogens (tertiary/aromatic N) is 2. The average Bonchev–Trinajstić information content (AvgIpc) is 3.69. The Morgan fingerprint density at radius 3 is 2.24 bits per heavy atom. The Kier molecular flexibility index (Phi) is 23.8. The number of carboxylic acid groups (broad SMARTS) is 1. The zero-order valence-electron chi connectivity index (χ0n) is 32.7. The molecule has 3 aromatic rings. The Labute approximate surface area is 350 Å². The van der Waals surface area contributed by atoms with Crippen LogP contribution in [0.2, 0.25) is 0 Å². The van der Waals surface area contributed by atoms with Crippen molar-refractivity contribution in [2.45, 2.75) is 38.8 Å². The van der Waals surface area contributed by atoms with Crippen LogP contribution in [-0.4, -0.2) is 128 Å². The summed E-state index contributed by atoms with van der Waals surface area (Å²) in [6.45, 7) is 5.24. The third kappa shape index (κ3) is 22.0. The number of carbonyl (C=O) groups is 6.